The van der Waals surface area contributed by atoms with E-state index in [0.717, 1.165) is 24.7 Å². The summed E-state index contributed by atoms with van der Waals surface area (Å²) in [6, 6.07) is 0.339. The Labute approximate surface area is 132 Å². The van der Waals surface area contributed by atoms with E-state index in [0.29, 0.717) is 23.8 Å². The molecule has 2 atom stereocenters. The van der Waals surface area contributed by atoms with E-state index < -0.39 is 0 Å². The van der Waals surface area contributed by atoms with Gasteiger partial charge in [-0.15, -0.1) is 0 Å². The predicted molar refractivity (Wildman–Crippen MR) is 85.3 cm³/mol. The molecule has 0 saturated heterocycles. The van der Waals surface area contributed by atoms with Gasteiger partial charge in [0.2, 0.25) is 5.91 Å². The van der Waals surface area contributed by atoms with E-state index in [1.807, 2.05) is 19.6 Å². The second kappa shape index (κ2) is 5.71. The summed E-state index contributed by atoms with van der Waals surface area (Å²) in [5.74, 6) is 3.10. The first-order valence-electron chi connectivity index (χ1n) is 8.98. The number of aromatic nitrogens is 2. The molecular weight excluding hydrogens is 274 g/mol. The Morgan fingerprint density at radius 1 is 1.32 bits per heavy atom. The maximum Gasteiger partial charge on any atom is 0.220 e. The summed E-state index contributed by atoms with van der Waals surface area (Å²) in [6.07, 6.45) is 13.8. The number of nitrogens with zero attached hydrogens (tertiary/aromatic N) is 2. The highest BCUT2D eigenvalue weighted by Gasteiger charge is 2.42. The summed E-state index contributed by atoms with van der Waals surface area (Å²) < 4.78 is 2.07. The van der Waals surface area contributed by atoms with Crippen molar-refractivity contribution in [1.82, 2.24) is 14.9 Å². The van der Waals surface area contributed by atoms with Gasteiger partial charge >= 0.3 is 0 Å². The molecule has 3 aliphatic rings. The topological polar surface area (TPSA) is 46.9 Å². The van der Waals surface area contributed by atoms with Crippen molar-refractivity contribution in [2.45, 2.75) is 63.3 Å². The number of imidazole rings is 1. The standard InChI is InChI=1S/C18H27N3O/c1-21-11-19-10-17(21)15-8-16(15)20-18(22)9-14(12-4-2-5-12)13-6-3-7-13/h10-16H,2-9H2,1H3,(H,20,22)/t15-,16-/m1/s1. The van der Waals surface area contributed by atoms with Crippen molar-refractivity contribution in [3.63, 3.8) is 0 Å². The molecular formula is C18H27N3O. The molecule has 1 aromatic heterocycles. The van der Waals surface area contributed by atoms with Crippen molar-refractivity contribution in [3.8, 4) is 0 Å². The Morgan fingerprint density at radius 2 is 2.00 bits per heavy atom. The number of amides is 1. The molecule has 1 amide bonds. The van der Waals surface area contributed by atoms with Crippen molar-refractivity contribution in [2.75, 3.05) is 0 Å². The minimum atomic E-state index is 0.290. The molecule has 0 aromatic carbocycles. The lowest BCUT2D eigenvalue weighted by Crippen LogP contribution is -2.37. The van der Waals surface area contributed by atoms with Gasteiger partial charge in [-0.2, -0.15) is 0 Å². The van der Waals surface area contributed by atoms with E-state index in [9.17, 15) is 4.79 Å². The molecule has 3 fully saturated rings. The summed E-state index contributed by atoms with van der Waals surface area (Å²) in [5, 5.41) is 3.28. The molecule has 0 aliphatic heterocycles. The van der Waals surface area contributed by atoms with Crippen LogP contribution in [0.3, 0.4) is 0 Å². The molecule has 1 heterocycles. The molecule has 0 radical (unpaired) electrons. The lowest BCUT2D eigenvalue weighted by molar-refractivity contribution is -0.124. The van der Waals surface area contributed by atoms with Gasteiger partial charge in [0, 0.05) is 37.3 Å². The van der Waals surface area contributed by atoms with E-state index in [1.165, 1.54) is 44.2 Å². The zero-order valence-electron chi connectivity index (χ0n) is 13.5. The summed E-state index contributed by atoms with van der Waals surface area (Å²) in [5.41, 5.74) is 1.25. The van der Waals surface area contributed by atoms with Crippen molar-refractivity contribution in [1.29, 1.82) is 0 Å². The van der Waals surface area contributed by atoms with Gasteiger partial charge in [0.05, 0.1) is 6.33 Å². The Balaban J connectivity index is 1.30. The third-order valence-corrected chi connectivity index (χ3v) is 6.30. The first-order chi connectivity index (χ1) is 10.7. The highest BCUT2D eigenvalue weighted by molar-refractivity contribution is 5.77. The average molecular weight is 301 g/mol. The highest BCUT2D eigenvalue weighted by Crippen LogP contribution is 2.46. The minimum Gasteiger partial charge on any atom is -0.353 e. The number of carbonyl (C=O) groups excluding carboxylic acids is 1. The highest BCUT2D eigenvalue weighted by atomic mass is 16.1. The summed E-state index contributed by atoms with van der Waals surface area (Å²) in [4.78, 5) is 16.6. The van der Waals surface area contributed by atoms with E-state index in [2.05, 4.69) is 14.9 Å². The van der Waals surface area contributed by atoms with Gasteiger partial charge in [-0.25, -0.2) is 4.98 Å². The van der Waals surface area contributed by atoms with Crippen LogP contribution in [0.25, 0.3) is 0 Å². The number of aryl methyl sites for hydroxylation is 1. The number of carbonyl (C=O) groups is 1. The molecule has 1 N–H and O–H groups in total. The van der Waals surface area contributed by atoms with Gasteiger partial charge in [-0.1, -0.05) is 38.5 Å². The van der Waals surface area contributed by atoms with Crippen LogP contribution in [0.15, 0.2) is 12.5 Å². The van der Waals surface area contributed by atoms with Crippen LogP contribution in [-0.4, -0.2) is 21.5 Å². The summed E-state index contributed by atoms with van der Waals surface area (Å²) >= 11 is 0. The fourth-order valence-corrected chi connectivity index (χ4v) is 4.34. The second-order valence-corrected chi connectivity index (χ2v) is 7.70. The molecule has 3 saturated carbocycles. The monoisotopic (exact) mass is 301 g/mol. The molecule has 0 spiro atoms. The van der Waals surface area contributed by atoms with E-state index in [-0.39, 0.29) is 0 Å². The molecule has 0 bridgehead atoms. The molecule has 4 heteroatoms. The molecule has 1 aromatic rings. The van der Waals surface area contributed by atoms with Gasteiger partial charge < -0.3 is 9.88 Å². The molecule has 4 nitrogen and oxygen atoms in total. The van der Waals surface area contributed by atoms with Gasteiger partial charge in [0.15, 0.2) is 0 Å². The number of hydrogen-bond donors (Lipinski definition) is 1. The molecule has 22 heavy (non-hydrogen) atoms. The van der Waals surface area contributed by atoms with E-state index in [1.54, 1.807) is 0 Å². The van der Waals surface area contributed by atoms with Crippen LogP contribution >= 0.6 is 0 Å². The zero-order chi connectivity index (χ0) is 15.1. The van der Waals surface area contributed by atoms with Crippen molar-refractivity contribution < 1.29 is 4.79 Å². The lowest BCUT2D eigenvalue weighted by atomic mass is 9.63. The van der Waals surface area contributed by atoms with E-state index >= 15 is 0 Å². The van der Waals surface area contributed by atoms with Crippen LogP contribution in [0.4, 0.5) is 0 Å². The Kier molecular flexibility index (Phi) is 3.71. The van der Waals surface area contributed by atoms with Gasteiger partial charge in [-0.3, -0.25) is 4.79 Å². The molecule has 120 valence electrons. The first-order valence-corrected chi connectivity index (χ1v) is 8.98. The number of nitrogens with one attached hydrogen (secondary N) is 1. The van der Waals surface area contributed by atoms with E-state index in [4.69, 9.17) is 0 Å². The maximum atomic E-state index is 12.5. The van der Waals surface area contributed by atoms with Crippen molar-refractivity contribution >= 4 is 5.91 Å². The summed E-state index contributed by atoms with van der Waals surface area (Å²) in [7, 11) is 2.03. The van der Waals surface area contributed by atoms with Crippen LogP contribution in [0.1, 0.15) is 63.0 Å². The minimum absolute atomic E-state index is 0.290. The SMILES string of the molecule is Cn1cncc1[C@@H]1C[C@H]1NC(=O)CC(C1CCC1)C1CCC1. The third kappa shape index (κ3) is 2.68. The zero-order valence-corrected chi connectivity index (χ0v) is 13.5. The predicted octanol–water partition coefficient (Wildman–Crippen LogP) is 3.00. The second-order valence-electron chi connectivity index (χ2n) is 7.70. The largest absolute Gasteiger partial charge is 0.353 e. The summed E-state index contributed by atoms with van der Waals surface area (Å²) in [6.45, 7) is 0. The van der Waals surface area contributed by atoms with Gasteiger partial charge in [-0.05, 0) is 24.2 Å². The fraction of sp³-hybridized carbons (Fsp3) is 0.778. The van der Waals surface area contributed by atoms with Crippen LogP contribution in [0.2, 0.25) is 0 Å². The third-order valence-electron chi connectivity index (χ3n) is 6.30. The van der Waals surface area contributed by atoms with Crippen LogP contribution in [-0.2, 0) is 11.8 Å². The number of hydrogen-bond acceptors (Lipinski definition) is 2. The normalized spacial score (nSPS) is 28.3. The van der Waals surface area contributed by atoms with Crippen LogP contribution in [0.5, 0.6) is 0 Å². The Morgan fingerprint density at radius 3 is 2.50 bits per heavy atom. The lowest BCUT2D eigenvalue weighted by Gasteiger charge is -2.42. The fourth-order valence-electron chi connectivity index (χ4n) is 4.34. The van der Waals surface area contributed by atoms with Gasteiger partial charge in [0.25, 0.3) is 0 Å². The van der Waals surface area contributed by atoms with Crippen molar-refractivity contribution in [2.24, 2.45) is 24.8 Å². The molecule has 0 unspecified atom stereocenters. The quantitative estimate of drug-likeness (QED) is 0.878. The smallest absolute Gasteiger partial charge is 0.220 e. The number of rotatable bonds is 6. The average Bonchev–Trinajstić information content (AvgIpc) is 2.95. The molecule has 3 aliphatic carbocycles. The van der Waals surface area contributed by atoms with Crippen LogP contribution in [0, 0.1) is 17.8 Å². The Bertz CT molecular complexity index is 530. The van der Waals surface area contributed by atoms with Gasteiger partial charge in [0.1, 0.15) is 0 Å². The van der Waals surface area contributed by atoms with Crippen molar-refractivity contribution in [3.05, 3.63) is 18.2 Å². The Hall–Kier alpha value is -1.32. The molecule has 4 rings (SSSR count). The first kappa shape index (κ1) is 14.3. The van der Waals surface area contributed by atoms with Crippen LogP contribution < -0.4 is 5.32 Å². The maximum absolute atomic E-state index is 12.5.